The number of anilines is 1. The number of carbonyl (C=O) groups excluding carboxylic acids is 2. The third kappa shape index (κ3) is 5.92. The van der Waals surface area contributed by atoms with Crippen molar-refractivity contribution in [2.45, 2.75) is 39.7 Å². The molecule has 0 spiro atoms. The van der Waals surface area contributed by atoms with Gasteiger partial charge in [-0.1, -0.05) is 19.4 Å². The van der Waals surface area contributed by atoms with E-state index in [-0.39, 0.29) is 18.0 Å². The monoisotopic (exact) mass is 355 g/mol. The van der Waals surface area contributed by atoms with E-state index in [1.54, 1.807) is 48.5 Å². The molecule has 0 aliphatic carbocycles. The number of ether oxygens (including phenoxy) is 2. The molecule has 2 aromatic carbocycles. The summed E-state index contributed by atoms with van der Waals surface area (Å²) in [4.78, 5) is 24.4. The zero-order valence-electron chi connectivity index (χ0n) is 15.5. The predicted octanol–water partition coefficient (Wildman–Crippen LogP) is 4.68. The number of rotatable bonds is 8. The van der Waals surface area contributed by atoms with Crippen LogP contribution in [0.15, 0.2) is 48.5 Å². The van der Waals surface area contributed by atoms with Crippen molar-refractivity contribution < 1.29 is 19.1 Å². The van der Waals surface area contributed by atoms with E-state index in [1.807, 2.05) is 20.8 Å². The number of carbonyl (C=O) groups is 2. The van der Waals surface area contributed by atoms with Crippen LogP contribution in [0.2, 0.25) is 0 Å². The van der Waals surface area contributed by atoms with E-state index >= 15 is 0 Å². The third-order valence-corrected chi connectivity index (χ3v) is 3.58. The first-order valence-corrected chi connectivity index (χ1v) is 8.85. The Morgan fingerprint density at radius 3 is 2.42 bits per heavy atom. The number of amides is 1. The highest BCUT2D eigenvalue weighted by Crippen LogP contribution is 2.17. The SMILES string of the molecule is CCCCOC(=O)c1cccc(NC(=O)c2ccc(OC(C)C)cc2)c1. The van der Waals surface area contributed by atoms with Crippen LogP contribution < -0.4 is 10.1 Å². The maximum atomic E-state index is 12.4. The van der Waals surface area contributed by atoms with E-state index in [2.05, 4.69) is 5.32 Å². The summed E-state index contributed by atoms with van der Waals surface area (Å²) < 4.78 is 10.8. The van der Waals surface area contributed by atoms with E-state index in [4.69, 9.17) is 9.47 Å². The molecule has 0 aliphatic rings. The second kappa shape index (κ2) is 9.61. The van der Waals surface area contributed by atoms with E-state index in [0.717, 1.165) is 12.8 Å². The average Bonchev–Trinajstić information content (AvgIpc) is 2.62. The van der Waals surface area contributed by atoms with Gasteiger partial charge in [-0.2, -0.15) is 0 Å². The van der Waals surface area contributed by atoms with Crippen LogP contribution in [0, 0.1) is 0 Å². The molecule has 26 heavy (non-hydrogen) atoms. The van der Waals surface area contributed by atoms with Crippen LogP contribution >= 0.6 is 0 Å². The quantitative estimate of drug-likeness (QED) is 0.551. The smallest absolute Gasteiger partial charge is 0.338 e. The molecule has 0 radical (unpaired) electrons. The Kier molecular flexibility index (Phi) is 7.21. The van der Waals surface area contributed by atoms with Crippen molar-refractivity contribution in [3.63, 3.8) is 0 Å². The Hall–Kier alpha value is -2.82. The molecule has 0 aliphatic heterocycles. The minimum atomic E-state index is -0.385. The van der Waals surface area contributed by atoms with E-state index in [0.29, 0.717) is 29.2 Å². The van der Waals surface area contributed by atoms with Gasteiger partial charge in [0, 0.05) is 11.3 Å². The van der Waals surface area contributed by atoms with Gasteiger partial charge in [-0.3, -0.25) is 4.79 Å². The maximum Gasteiger partial charge on any atom is 0.338 e. The minimum absolute atomic E-state index is 0.0782. The molecule has 2 rings (SSSR count). The molecule has 0 aromatic heterocycles. The molecular formula is C21H25NO4. The summed E-state index contributed by atoms with van der Waals surface area (Å²) in [5.41, 5.74) is 1.47. The first-order valence-electron chi connectivity index (χ1n) is 8.85. The van der Waals surface area contributed by atoms with E-state index in [1.165, 1.54) is 0 Å². The van der Waals surface area contributed by atoms with Crippen molar-refractivity contribution in [3.05, 3.63) is 59.7 Å². The summed E-state index contributed by atoms with van der Waals surface area (Å²) in [6.07, 6.45) is 1.87. The lowest BCUT2D eigenvalue weighted by atomic mass is 10.1. The molecule has 0 heterocycles. The zero-order valence-corrected chi connectivity index (χ0v) is 15.5. The van der Waals surface area contributed by atoms with Gasteiger partial charge in [-0.25, -0.2) is 4.79 Å². The van der Waals surface area contributed by atoms with Gasteiger partial charge in [0.1, 0.15) is 5.75 Å². The first-order chi connectivity index (χ1) is 12.5. The van der Waals surface area contributed by atoms with Crippen LogP contribution in [0.3, 0.4) is 0 Å². The molecule has 0 atom stereocenters. The lowest BCUT2D eigenvalue weighted by Gasteiger charge is -2.10. The average molecular weight is 355 g/mol. The molecule has 0 fully saturated rings. The van der Waals surface area contributed by atoms with Crippen molar-refractivity contribution in [2.24, 2.45) is 0 Å². The van der Waals surface area contributed by atoms with Gasteiger partial charge in [0.2, 0.25) is 0 Å². The third-order valence-electron chi connectivity index (χ3n) is 3.58. The van der Waals surface area contributed by atoms with Crippen LogP contribution in [0.4, 0.5) is 5.69 Å². The van der Waals surface area contributed by atoms with Crippen LogP contribution in [0.1, 0.15) is 54.3 Å². The Morgan fingerprint density at radius 2 is 1.77 bits per heavy atom. The summed E-state index contributed by atoms with van der Waals surface area (Å²) in [6.45, 7) is 6.32. The largest absolute Gasteiger partial charge is 0.491 e. The Bertz CT molecular complexity index is 738. The fourth-order valence-corrected chi connectivity index (χ4v) is 2.28. The summed E-state index contributed by atoms with van der Waals surface area (Å²) >= 11 is 0. The standard InChI is InChI=1S/C21H25NO4/c1-4-5-13-25-21(24)17-7-6-8-18(14-17)22-20(23)16-9-11-19(12-10-16)26-15(2)3/h6-12,14-15H,4-5,13H2,1-3H3,(H,22,23). The Labute approximate surface area is 154 Å². The van der Waals surface area contributed by atoms with Crippen LogP contribution in [0.5, 0.6) is 5.75 Å². The highest BCUT2D eigenvalue weighted by Gasteiger charge is 2.10. The van der Waals surface area contributed by atoms with Gasteiger partial charge >= 0.3 is 5.97 Å². The molecule has 2 aromatic rings. The lowest BCUT2D eigenvalue weighted by Crippen LogP contribution is -2.13. The van der Waals surface area contributed by atoms with Gasteiger partial charge in [0.25, 0.3) is 5.91 Å². The molecule has 1 N–H and O–H groups in total. The Morgan fingerprint density at radius 1 is 1.04 bits per heavy atom. The van der Waals surface area contributed by atoms with E-state index < -0.39 is 0 Å². The molecule has 5 nitrogen and oxygen atoms in total. The first kappa shape index (κ1) is 19.5. The summed E-state index contributed by atoms with van der Waals surface area (Å²) in [7, 11) is 0. The van der Waals surface area contributed by atoms with Crippen molar-refractivity contribution >= 4 is 17.6 Å². The molecule has 0 saturated heterocycles. The summed E-state index contributed by atoms with van der Waals surface area (Å²) in [6, 6.07) is 13.7. The molecule has 0 bridgehead atoms. The lowest BCUT2D eigenvalue weighted by molar-refractivity contribution is 0.0499. The Balaban J connectivity index is 2.00. The molecular weight excluding hydrogens is 330 g/mol. The highest BCUT2D eigenvalue weighted by molar-refractivity contribution is 6.04. The molecule has 1 amide bonds. The number of nitrogens with one attached hydrogen (secondary N) is 1. The molecule has 0 saturated carbocycles. The number of hydrogen-bond donors (Lipinski definition) is 1. The van der Waals surface area contributed by atoms with Gasteiger partial charge in [0.15, 0.2) is 0 Å². The normalized spacial score (nSPS) is 10.5. The molecule has 0 unspecified atom stereocenters. The topological polar surface area (TPSA) is 64.6 Å². The van der Waals surface area contributed by atoms with Gasteiger partial charge in [-0.15, -0.1) is 0 Å². The van der Waals surface area contributed by atoms with Crippen molar-refractivity contribution in [2.75, 3.05) is 11.9 Å². The zero-order chi connectivity index (χ0) is 18.9. The predicted molar refractivity (Wildman–Crippen MR) is 102 cm³/mol. The van der Waals surface area contributed by atoms with Gasteiger partial charge < -0.3 is 14.8 Å². The number of hydrogen-bond acceptors (Lipinski definition) is 4. The van der Waals surface area contributed by atoms with Crippen molar-refractivity contribution in [1.82, 2.24) is 0 Å². The highest BCUT2D eigenvalue weighted by atomic mass is 16.5. The minimum Gasteiger partial charge on any atom is -0.491 e. The summed E-state index contributed by atoms with van der Waals surface area (Å²) in [5.74, 6) is 0.0794. The number of unbranched alkanes of at least 4 members (excludes halogenated alkanes) is 1. The van der Waals surface area contributed by atoms with Crippen molar-refractivity contribution in [1.29, 1.82) is 0 Å². The van der Waals surface area contributed by atoms with Crippen LogP contribution in [-0.4, -0.2) is 24.6 Å². The number of esters is 1. The van der Waals surface area contributed by atoms with Gasteiger partial charge in [-0.05, 0) is 62.7 Å². The second-order valence-corrected chi connectivity index (χ2v) is 6.22. The van der Waals surface area contributed by atoms with Crippen LogP contribution in [-0.2, 0) is 4.74 Å². The maximum absolute atomic E-state index is 12.4. The number of benzene rings is 2. The summed E-state index contributed by atoms with van der Waals surface area (Å²) in [5, 5.41) is 2.79. The van der Waals surface area contributed by atoms with Crippen molar-refractivity contribution in [3.8, 4) is 5.75 Å². The van der Waals surface area contributed by atoms with E-state index in [9.17, 15) is 9.59 Å². The van der Waals surface area contributed by atoms with Crippen LogP contribution in [0.25, 0.3) is 0 Å². The fourth-order valence-electron chi connectivity index (χ4n) is 2.28. The second-order valence-electron chi connectivity index (χ2n) is 6.22. The van der Waals surface area contributed by atoms with Gasteiger partial charge in [0.05, 0.1) is 18.3 Å². The molecule has 138 valence electrons. The fraction of sp³-hybridized carbons (Fsp3) is 0.333. The molecule has 5 heteroatoms.